The zero-order valence-electron chi connectivity index (χ0n) is 12.6. The normalized spacial score (nSPS) is 16.2. The predicted octanol–water partition coefficient (Wildman–Crippen LogP) is 2.84. The van der Waals surface area contributed by atoms with Crippen LogP contribution in [0.25, 0.3) is 0 Å². The smallest absolute Gasteiger partial charge is 0.253 e. The summed E-state index contributed by atoms with van der Waals surface area (Å²) in [5.74, 6) is 0.157. The van der Waals surface area contributed by atoms with E-state index >= 15 is 0 Å². The first-order valence-electron chi connectivity index (χ1n) is 7.09. The molecule has 1 aliphatic rings. The van der Waals surface area contributed by atoms with Gasteiger partial charge in [0.25, 0.3) is 5.91 Å². The molecular weight excluding hydrogens is 272 g/mol. The van der Waals surface area contributed by atoms with Gasteiger partial charge in [0.1, 0.15) is 0 Å². The second kappa shape index (κ2) is 7.09. The number of hydrogen-bond acceptors (Lipinski definition) is 2. The van der Waals surface area contributed by atoms with Crippen molar-refractivity contribution >= 4 is 18.3 Å². The first-order valence-corrected chi connectivity index (χ1v) is 7.09. The molecule has 1 fully saturated rings. The number of nitrogens with zero attached hydrogens (tertiary/aromatic N) is 1. The van der Waals surface area contributed by atoms with Gasteiger partial charge in [-0.2, -0.15) is 0 Å². The van der Waals surface area contributed by atoms with Crippen LogP contribution in [0.15, 0.2) is 24.3 Å². The maximum absolute atomic E-state index is 12.4. The minimum Gasteiger partial charge on any atom is -0.337 e. The number of halogens is 1. The maximum Gasteiger partial charge on any atom is 0.253 e. The lowest BCUT2D eigenvalue weighted by atomic mass is 9.86. The van der Waals surface area contributed by atoms with E-state index in [-0.39, 0.29) is 23.7 Å². The fourth-order valence-electron chi connectivity index (χ4n) is 2.34. The Labute approximate surface area is 128 Å². The fourth-order valence-corrected chi connectivity index (χ4v) is 2.34. The number of hydrogen-bond donors (Lipinski definition) is 1. The standard InChI is InChI=1S/C16H24N2O.ClH/c1-16(2,3)14-7-5-13(6-8-14)15(19)18-11-4-9-17-10-12-18;/h5-8,17H,4,9-12H2,1-3H3;1H. The Morgan fingerprint density at radius 2 is 1.75 bits per heavy atom. The molecule has 4 heteroatoms. The highest BCUT2D eigenvalue weighted by molar-refractivity contribution is 5.94. The van der Waals surface area contributed by atoms with Crippen LogP contribution in [-0.4, -0.2) is 37.0 Å². The van der Waals surface area contributed by atoms with Crippen LogP contribution in [0.3, 0.4) is 0 Å². The van der Waals surface area contributed by atoms with Crippen molar-refractivity contribution in [1.29, 1.82) is 0 Å². The summed E-state index contributed by atoms with van der Waals surface area (Å²) in [6.45, 7) is 10.1. The molecule has 0 aromatic heterocycles. The molecule has 1 saturated heterocycles. The number of carbonyl (C=O) groups excluding carboxylic acids is 1. The largest absolute Gasteiger partial charge is 0.337 e. The zero-order chi connectivity index (χ0) is 13.9. The summed E-state index contributed by atoms with van der Waals surface area (Å²) in [6, 6.07) is 8.06. The molecule has 20 heavy (non-hydrogen) atoms. The van der Waals surface area contributed by atoms with Gasteiger partial charge in [-0.05, 0) is 36.1 Å². The first-order chi connectivity index (χ1) is 8.98. The Kier molecular flexibility index (Phi) is 6.03. The van der Waals surface area contributed by atoms with Gasteiger partial charge in [0.2, 0.25) is 0 Å². The van der Waals surface area contributed by atoms with Gasteiger partial charge in [0.15, 0.2) is 0 Å². The van der Waals surface area contributed by atoms with E-state index in [2.05, 4.69) is 38.2 Å². The summed E-state index contributed by atoms with van der Waals surface area (Å²) in [6.07, 6.45) is 1.03. The number of benzene rings is 1. The second-order valence-electron chi connectivity index (χ2n) is 6.22. The highest BCUT2D eigenvalue weighted by Crippen LogP contribution is 2.22. The molecule has 0 bridgehead atoms. The molecule has 0 aliphatic carbocycles. The molecule has 0 saturated carbocycles. The van der Waals surface area contributed by atoms with Crippen molar-refractivity contribution in [2.45, 2.75) is 32.6 Å². The van der Waals surface area contributed by atoms with Gasteiger partial charge in [0, 0.05) is 25.2 Å². The van der Waals surface area contributed by atoms with E-state index in [1.165, 1.54) is 5.56 Å². The average Bonchev–Trinajstić information content (AvgIpc) is 2.66. The van der Waals surface area contributed by atoms with Crippen LogP contribution in [-0.2, 0) is 5.41 Å². The molecule has 1 N–H and O–H groups in total. The highest BCUT2D eigenvalue weighted by Gasteiger charge is 2.18. The van der Waals surface area contributed by atoms with Crippen molar-refractivity contribution in [2.75, 3.05) is 26.2 Å². The van der Waals surface area contributed by atoms with Crippen LogP contribution in [0.1, 0.15) is 43.1 Å². The SMILES string of the molecule is CC(C)(C)c1ccc(C(=O)N2CCCNCC2)cc1.Cl. The van der Waals surface area contributed by atoms with E-state index in [9.17, 15) is 4.79 Å². The van der Waals surface area contributed by atoms with E-state index in [1.54, 1.807) is 0 Å². The monoisotopic (exact) mass is 296 g/mol. The topological polar surface area (TPSA) is 32.3 Å². The van der Waals surface area contributed by atoms with Crippen molar-refractivity contribution in [3.05, 3.63) is 35.4 Å². The number of nitrogens with one attached hydrogen (secondary N) is 1. The van der Waals surface area contributed by atoms with Crippen LogP contribution >= 0.6 is 12.4 Å². The number of rotatable bonds is 1. The van der Waals surface area contributed by atoms with Gasteiger partial charge in [-0.3, -0.25) is 4.79 Å². The van der Waals surface area contributed by atoms with E-state index in [0.717, 1.165) is 38.2 Å². The van der Waals surface area contributed by atoms with Crippen molar-refractivity contribution in [2.24, 2.45) is 0 Å². The van der Waals surface area contributed by atoms with Crippen LogP contribution in [0, 0.1) is 0 Å². The summed E-state index contributed by atoms with van der Waals surface area (Å²) < 4.78 is 0. The van der Waals surface area contributed by atoms with Crippen molar-refractivity contribution in [3.8, 4) is 0 Å². The summed E-state index contributed by atoms with van der Waals surface area (Å²) in [5, 5.41) is 3.32. The van der Waals surface area contributed by atoms with Crippen LogP contribution in [0.2, 0.25) is 0 Å². The molecule has 112 valence electrons. The molecular formula is C16H25ClN2O. The molecule has 0 unspecified atom stereocenters. The number of amides is 1. The summed E-state index contributed by atoms with van der Waals surface area (Å²) >= 11 is 0. The minimum absolute atomic E-state index is 0. The van der Waals surface area contributed by atoms with Crippen LogP contribution in [0.4, 0.5) is 0 Å². The van der Waals surface area contributed by atoms with Gasteiger partial charge in [-0.1, -0.05) is 32.9 Å². The third-order valence-electron chi connectivity index (χ3n) is 3.63. The van der Waals surface area contributed by atoms with E-state index in [1.807, 2.05) is 17.0 Å². The Morgan fingerprint density at radius 1 is 1.10 bits per heavy atom. The predicted molar refractivity (Wildman–Crippen MR) is 85.8 cm³/mol. The van der Waals surface area contributed by atoms with Gasteiger partial charge in [-0.15, -0.1) is 12.4 Å². The molecule has 0 atom stereocenters. The van der Waals surface area contributed by atoms with Crippen molar-refractivity contribution < 1.29 is 4.79 Å². The van der Waals surface area contributed by atoms with Crippen molar-refractivity contribution in [3.63, 3.8) is 0 Å². The van der Waals surface area contributed by atoms with Crippen LogP contribution in [0.5, 0.6) is 0 Å². The molecule has 0 spiro atoms. The quantitative estimate of drug-likeness (QED) is 0.864. The Hall–Kier alpha value is -1.06. The number of carbonyl (C=O) groups is 1. The molecule has 1 aromatic rings. The lowest BCUT2D eigenvalue weighted by molar-refractivity contribution is 0.0766. The van der Waals surface area contributed by atoms with E-state index < -0.39 is 0 Å². The first kappa shape index (κ1) is 17.0. The third kappa shape index (κ3) is 4.22. The van der Waals surface area contributed by atoms with E-state index in [0.29, 0.717) is 0 Å². The fraction of sp³-hybridized carbons (Fsp3) is 0.562. The molecule has 3 nitrogen and oxygen atoms in total. The molecule has 1 aliphatic heterocycles. The van der Waals surface area contributed by atoms with E-state index in [4.69, 9.17) is 0 Å². The lowest BCUT2D eigenvalue weighted by Crippen LogP contribution is -2.34. The highest BCUT2D eigenvalue weighted by atomic mass is 35.5. The summed E-state index contributed by atoms with van der Waals surface area (Å²) in [4.78, 5) is 14.4. The van der Waals surface area contributed by atoms with Gasteiger partial charge in [-0.25, -0.2) is 0 Å². The molecule has 1 heterocycles. The van der Waals surface area contributed by atoms with Crippen LogP contribution < -0.4 is 5.32 Å². The lowest BCUT2D eigenvalue weighted by Gasteiger charge is -2.22. The molecule has 2 rings (SSSR count). The molecule has 1 aromatic carbocycles. The summed E-state index contributed by atoms with van der Waals surface area (Å²) in [5.41, 5.74) is 2.20. The molecule has 1 amide bonds. The average molecular weight is 297 g/mol. The van der Waals surface area contributed by atoms with Gasteiger partial charge >= 0.3 is 0 Å². The Balaban J connectivity index is 0.00000200. The zero-order valence-corrected chi connectivity index (χ0v) is 13.4. The second-order valence-corrected chi connectivity index (χ2v) is 6.22. The minimum atomic E-state index is 0. The Bertz CT molecular complexity index is 429. The Morgan fingerprint density at radius 3 is 2.35 bits per heavy atom. The maximum atomic E-state index is 12.4. The third-order valence-corrected chi connectivity index (χ3v) is 3.63. The van der Waals surface area contributed by atoms with Gasteiger partial charge < -0.3 is 10.2 Å². The van der Waals surface area contributed by atoms with Gasteiger partial charge in [0.05, 0.1) is 0 Å². The van der Waals surface area contributed by atoms with Crippen molar-refractivity contribution in [1.82, 2.24) is 10.2 Å². The molecule has 0 radical (unpaired) electrons. The summed E-state index contributed by atoms with van der Waals surface area (Å²) in [7, 11) is 0.